The lowest BCUT2D eigenvalue weighted by Crippen LogP contribution is -2.15. The Balaban J connectivity index is 2.33. The molecular formula is C18H19NO5S. The number of aryl methyl sites for hydroxylation is 1. The van der Waals surface area contributed by atoms with E-state index in [0.717, 1.165) is 0 Å². The van der Waals surface area contributed by atoms with Crippen molar-refractivity contribution in [2.75, 3.05) is 18.4 Å². The van der Waals surface area contributed by atoms with Gasteiger partial charge in [0.2, 0.25) is 0 Å². The highest BCUT2D eigenvalue weighted by molar-refractivity contribution is 7.92. The Bertz CT molecular complexity index is 890. The van der Waals surface area contributed by atoms with Gasteiger partial charge in [-0.25, -0.2) is 13.2 Å². The molecule has 1 N–H and O–H groups in total. The first-order chi connectivity index (χ1) is 11.9. The molecule has 0 aliphatic heterocycles. The second kappa shape index (κ2) is 7.85. The molecule has 0 saturated heterocycles. The molecule has 132 valence electrons. The first-order valence-corrected chi connectivity index (χ1v) is 8.91. The number of methoxy groups -OCH3 is 1. The van der Waals surface area contributed by atoms with Crippen molar-refractivity contribution in [2.45, 2.75) is 11.8 Å². The Morgan fingerprint density at radius 1 is 1.24 bits per heavy atom. The molecule has 0 fully saturated rings. The van der Waals surface area contributed by atoms with Gasteiger partial charge in [-0.05, 0) is 36.8 Å². The molecule has 7 heteroatoms. The molecule has 0 aromatic heterocycles. The predicted molar refractivity (Wildman–Crippen MR) is 95.5 cm³/mol. The largest absolute Gasteiger partial charge is 0.489 e. The number of anilines is 1. The fraction of sp³-hybridized carbons (Fsp3) is 0.167. The number of rotatable bonds is 7. The van der Waals surface area contributed by atoms with E-state index >= 15 is 0 Å². The normalized spacial score (nSPS) is 10.8. The van der Waals surface area contributed by atoms with Crippen LogP contribution in [0.25, 0.3) is 0 Å². The fourth-order valence-corrected chi connectivity index (χ4v) is 3.47. The second-order valence-corrected chi connectivity index (χ2v) is 6.86. The summed E-state index contributed by atoms with van der Waals surface area (Å²) in [5.74, 6) is -0.0867. The maximum atomic E-state index is 12.7. The lowest BCUT2D eigenvalue weighted by atomic mass is 10.1. The van der Waals surface area contributed by atoms with Crippen LogP contribution in [0.5, 0.6) is 5.75 Å². The van der Waals surface area contributed by atoms with Crippen LogP contribution in [0, 0.1) is 6.92 Å². The summed E-state index contributed by atoms with van der Waals surface area (Å²) in [6, 6.07) is 10.9. The number of hydrogen-bond acceptors (Lipinski definition) is 5. The average Bonchev–Trinajstić information content (AvgIpc) is 2.59. The topological polar surface area (TPSA) is 81.7 Å². The van der Waals surface area contributed by atoms with Gasteiger partial charge < -0.3 is 9.47 Å². The van der Waals surface area contributed by atoms with Crippen molar-refractivity contribution in [2.24, 2.45) is 0 Å². The summed E-state index contributed by atoms with van der Waals surface area (Å²) in [4.78, 5) is 11.7. The number of benzene rings is 2. The Morgan fingerprint density at radius 3 is 2.68 bits per heavy atom. The SMILES string of the molecule is C=CCOc1cccc(NS(=O)(=O)c2cc(C(=O)OC)ccc2C)c1. The molecule has 0 saturated carbocycles. The minimum Gasteiger partial charge on any atom is -0.489 e. The standard InChI is InChI=1S/C18H19NO5S/c1-4-10-24-16-7-5-6-15(12-16)19-25(21,22)17-11-14(18(20)23-3)9-8-13(17)2/h4-9,11-12,19H,1,10H2,2-3H3. The highest BCUT2D eigenvalue weighted by atomic mass is 32.2. The van der Waals surface area contributed by atoms with E-state index in [0.29, 0.717) is 23.6 Å². The van der Waals surface area contributed by atoms with Crippen molar-refractivity contribution in [3.63, 3.8) is 0 Å². The molecule has 2 aromatic rings. The number of carbonyl (C=O) groups excluding carboxylic acids is 1. The first kappa shape index (κ1) is 18.5. The van der Waals surface area contributed by atoms with E-state index in [9.17, 15) is 13.2 Å². The molecular weight excluding hydrogens is 342 g/mol. The molecule has 0 spiro atoms. The van der Waals surface area contributed by atoms with Crippen LogP contribution >= 0.6 is 0 Å². The maximum Gasteiger partial charge on any atom is 0.337 e. The summed E-state index contributed by atoms with van der Waals surface area (Å²) in [6.45, 7) is 5.53. The number of hydrogen-bond donors (Lipinski definition) is 1. The van der Waals surface area contributed by atoms with E-state index in [-0.39, 0.29) is 10.5 Å². The molecule has 0 aliphatic carbocycles. The van der Waals surface area contributed by atoms with Gasteiger partial charge in [-0.15, -0.1) is 0 Å². The second-order valence-electron chi connectivity index (χ2n) is 5.20. The van der Waals surface area contributed by atoms with Crippen LogP contribution in [0.15, 0.2) is 60.0 Å². The molecule has 0 heterocycles. The van der Waals surface area contributed by atoms with Gasteiger partial charge in [0.25, 0.3) is 10.0 Å². The van der Waals surface area contributed by atoms with E-state index in [1.165, 1.54) is 19.2 Å². The zero-order valence-electron chi connectivity index (χ0n) is 14.0. The summed E-state index contributed by atoms with van der Waals surface area (Å²) in [5, 5.41) is 0. The molecule has 0 aliphatic rings. The predicted octanol–water partition coefficient (Wildman–Crippen LogP) is 3.15. The van der Waals surface area contributed by atoms with Crippen LogP contribution in [-0.4, -0.2) is 28.1 Å². The minimum atomic E-state index is -3.88. The van der Waals surface area contributed by atoms with Crippen molar-refractivity contribution in [1.82, 2.24) is 0 Å². The molecule has 2 rings (SSSR count). The van der Waals surface area contributed by atoms with Crippen LogP contribution in [-0.2, 0) is 14.8 Å². The van der Waals surface area contributed by atoms with Gasteiger partial charge >= 0.3 is 5.97 Å². The van der Waals surface area contributed by atoms with Gasteiger partial charge in [0.1, 0.15) is 12.4 Å². The molecule has 6 nitrogen and oxygen atoms in total. The summed E-state index contributed by atoms with van der Waals surface area (Å²) in [5.41, 5.74) is 1.03. The van der Waals surface area contributed by atoms with Gasteiger partial charge in [-0.2, -0.15) is 0 Å². The molecule has 25 heavy (non-hydrogen) atoms. The summed E-state index contributed by atoms with van der Waals surface area (Å²) < 4.78 is 37.9. The zero-order chi connectivity index (χ0) is 18.4. The third-order valence-corrected chi connectivity index (χ3v) is 4.88. The Labute approximate surface area is 147 Å². The van der Waals surface area contributed by atoms with Crippen LogP contribution in [0.1, 0.15) is 15.9 Å². The number of ether oxygens (including phenoxy) is 2. The van der Waals surface area contributed by atoms with Gasteiger partial charge in [0.15, 0.2) is 0 Å². The number of nitrogens with one attached hydrogen (secondary N) is 1. The van der Waals surface area contributed by atoms with E-state index in [1.807, 2.05) is 0 Å². The van der Waals surface area contributed by atoms with Crippen molar-refractivity contribution in [3.05, 3.63) is 66.2 Å². The zero-order valence-corrected chi connectivity index (χ0v) is 14.8. The number of carbonyl (C=O) groups is 1. The van der Waals surface area contributed by atoms with Gasteiger partial charge in [-0.3, -0.25) is 4.72 Å². The van der Waals surface area contributed by atoms with Crippen molar-refractivity contribution >= 4 is 21.7 Å². The Hall–Kier alpha value is -2.80. The maximum absolute atomic E-state index is 12.7. The number of esters is 1. The van der Waals surface area contributed by atoms with Gasteiger partial charge in [-0.1, -0.05) is 24.8 Å². The van der Waals surface area contributed by atoms with Crippen LogP contribution in [0.2, 0.25) is 0 Å². The minimum absolute atomic E-state index is 0.00723. The third kappa shape index (κ3) is 4.60. The molecule has 0 unspecified atom stereocenters. The van der Waals surface area contributed by atoms with Crippen molar-refractivity contribution in [3.8, 4) is 5.75 Å². The molecule has 2 aromatic carbocycles. The summed E-state index contributed by atoms with van der Waals surface area (Å²) in [6.07, 6.45) is 1.60. The van der Waals surface area contributed by atoms with E-state index in [2.05, 4.69) is 16.0 Å². The van der Waals surface area contributed by atoms with Crippen LogP contribution in [0.3, 0.4) is 0 Å². The van der Waals surface area contributed by atoms with E-state index in [1.54, 1.807) is 43.3 Å². The summed E-state index contributed by atoms with van der Waals surface area (Å²) >= 11 is 0. The molecule has 0 atom stereocenters. The monoisotopic (exact) mass is 361 g/mol. The smallest absolute Gasteiger partial charge is 0.337 e. The van der Waals surface area contributed by atoms with Crippen LogP contribution in [0.4, 0.5) is 5.69 Å². The number of sulfonamides is 1. The van der Waals surface area contributed by atoms with Gasteiger partial charge in [0, 0.05) is 6.07 Å². The molecule has 0 radical (unpaired) electrons. The van der Waals surface area contributed by atoms with Crippen LogP contribution < -0.4 is 9.46 Å². The quantitative estimate of drug-likeness (QED) is 0.605. The molecule has 0 amide bonds. The first-order valence-electron chi connectivity index (χ1n) is 7.43. The molecule has 0 bridgehead atoms. The lowest BCUT2D eigenvalue weighted by molar-refractivity contribution is 0.0600. The third-order valence-electron chi connectivity index (χ3n) is 3.35. The fourth-order valence-electron chi connectivity index (χ4n) is 2.15. The van der Waals surface area contributed by atoms with E-state index < -0.39 is 16.0 Å². The van der Waals surface area contributed by atoms with E-state index in [4.69, 9.17) is 4.74 Å². The van der Waals surface area contributed by atoms with Crippen molar-refractivity contribution in [1.29, 1.82) is 0 Å². The Morgan fingerprint density at radius 2 is 2.00 bits per heavy atom. The highest BCUT2D eigenvalue weighted by Crippen LogP contribution is 2.23. The Kier molecular flexibility index (Phi) is 5.82. The summed E-state index contributed by atoms with van der Waals surface area (Å²) in [7, 11) is -2.64. The van der Waals surface area contributed by atoms with Gasteiger partial charge in [0.05, 0.1) is 23.3 Å². The van der Waals surface area contributed by atoms with Crippen molar-refractivity contribution < 1.29 is 22.7 Å². The average molecular weight is 361 g/mol. The highest BCUT2D eigenvalue weighted by Gasteiger charge is 2.19. The lowest BCUT2D eigenvalue weighted by Gasteiger charge is -2.12.